The number of hydrogen-bond acceptors (Lipinski definition) is 5. The van der Waals surface area contributed by atoms with Crippen LogP contribution in [0.2, 0.25) is 0 Å². The third kappa shape index (κ3) is 2.73. The van der Waals surface area contributed by atoms with Gasteiger partial charge in [0.2, 0.25) is 5.95 Å². The molecule has 1 aliphatic heterocycles. The van der Waals surface area contributed by atoms with Crippen molar-refractivity contribution in [2.75, 3.05) is 37.3 Å². The van der Waals surface area contributed by atoms with Gasteiger partial charge in [0.25, 0.3) is 0 Å². The number of nitrogens with one attached hydrogen (secondary N) is 1. The fraction of sp³-hybridized carbons (Fsp3) is 0.474. The Balaban J connectivity index is 1.77. The molecule has 126 valence electrons. The zero-order valence-corrected chi connectivity index (χ0v) is 14.3. The van der Waals surface area contributed by atoms with E-state index in [1.807, 2.05) is 7.05 Å². The molecular weight excluding hydrogens is 298 g/mol. The molecule has 0 saturated carbocycles. The first-order chi connectivity index (χ1) is 11.8. The van der Waals surface area contributed by atoms with E-state index in [1.165, 1.54) is 23.1 Å². The van der Waals surface area contributed by atoms with Crippen LogP contribution in [0.5, 0.6) is 0 Å². The van der Waals surface area contributed by atoms with Gasteiger partial charge >= 0.3 is 0 Å². The lowest BCUT2D eigenvalue weighted by molar-refractivity contribution is 0.548. The minimum atomic E-state index is 0.387. The van der Waals surface area contributed by atoms with E-state index >= 15 is 0 Å². The minimum Gasteiger partial charge on any atom is -0.368 e. The molecule has 1 saturated heterocycles. The number of aryl methyl sites for hydroxylation is 1. The predicted octanol–water partition coefficient (Wildman–Crippen LogP) is 2.26. The molecule has 1 aromatic carbocycles. The van der Waals surface area contributed by atoms with Gasteiger partial charge in [0.1, 0.15) is 5.82 Å². The van der Waals surface area contributed by atoms with E-state index in [1.54, 1.807) is 0 Å². The average Bonchev–Trinajstić information content (AvgIpc) is 2.97. The molecule has 1 atom stereocenters. The van der Waals surface area contributed by atoms with E-state index in [-0.39, 0.29) is 0 Å². The molecule has 2 heterocycles. The number of anilines is 2. The van der Waals surface area contributed by atoms with Crippen molar-refractivity contribution >= 4 is 11.8 Å². The van der Waals surface area contributed by atoms with Crippen molar-refractivity contribution in [2.45, 2.75) is 25.7 Å². The molecule has 0 amide bonds. The van der Waals surface area contributed by atoms with Gasteiger partial charge < -0.3 is 16.0 Å². The molecule has 4 rings (SSSR count). The summed E-state index contributed by atoms with van der Waals surface area (Å²) in [4.78, 5) is 11.7. The largest absolute Gasteiger partial charge is 0.368 e. The summed E-state index contributed by atoms with van der Waals surface area (Å²) in [6.45, 7) is 3.16. The summed E-state index contributed by atoms with van der Waals surface area (Å²) in [6.07, 6.45) is 4.45. The summed E-state index contributed by atoms with van der Waals surface area (Å²) in [5.74, 6) is 2.13. The van der Waals surface area contributed by atoms with Crippen LogP contribution in [-0.2, 0) is 12.8 Å². The number of fused-ring (bicyclic) bond motifs is 3. The molecule has 24 heavy (non-hydrogen) atoms. The fourth-order valence-electron chi connectivity index (χ4n) is 4.11. The van der Waals surface area contributed by atoms with Crippen molar-refractivity contribution < 1.29 is 0 Å². The third-order valence-corrected chi connectivity index (χ3v) is 5.23. The van der Waals surface area contributed by atoms with E-state index in [0.717, 1.165) is 50.4 Å². The Morgan fingerprint density at radius 1 is 1.25 bits per heavy atom. The van der Waals surface area contributed by atoms with Crippen LogP contribution in [0.15, 0.2) is 24.3 Å². The first-order valence-corrected chi connectivity index (χ1v) is 8.90. The average molecular weight is 323 g/mol. The zero-order valence-electron chi connectivity index (χ0n) is 14.3. The van der Waals surface area contributed by atoms with Crippen LogP contribution in [-0.4, -0.2) is 36.6 Å². The lowest BCUT2D eigenvalue weighted by atomic mass is 10.0. The number of benzene rings is 1. The molecule has 3 N–H and O–H groups in total. The number of nitrogens with two attached hydrogens (primary N) is 1. The van der Waals surface area contributed by atoms with Gasteiger partial charge in [-0.15, -0.1) is 0 Å². The van der Waals surface area contributed by atoms with Crippen LogP contribution in [0.3, 0.4) is 0 Å². The molecule has 0 spiro atoms. The van der Waals surface area contributed by atoms with E-state index < -0.39 is 0 Å². The van der Waals surface area contributed by atoms with Crippen LogP contribution in [0.4, 0.5) is 11.8 Å². The summed E-state index contributed by atoms with van der Waals surface area (Å²) in [6, 6.07) is 8.58. The topological polar surface area (TPSA) is 67.1 Å². The molecule has 1 aromatic heterocycles. The van der Waals surface area contributed by atoms with Crippen molar-refractivity contribution in [3.63, 3.8) is 0 Å². The monoisotopic (exact) mass is 323 g/mol. The van der Waals surface area contributed by atoms with E-state index in [9.17, 15) is 0 Å². The second-order valence-electron chi connectivity index (χ2n) is 6.90. The van der Waals surface area contributed by atoms with Crippen LogP contribution in [0.1, 0.15) is 24.0 Å². The highest BCUT2D eigenvalue weighted by Crippen LogP contribution is 2.37. The number of hydrogen-bond donors (Lipinski definition) is 2. The first-order valence-electron chi connectivity index (χ1n) is 8.90. The summed E-state index contributed by atoms with van der Waals surface area (Å²) in [5.41, 5.74) is 11.0. The standard InChI is InChI=1S/C19H25N5/c1-21-11-13-9-10-24(12-13)18-16-8-4-6-14-5-2-3-7-15(14)17(16)22-19(20)23-18/h2-3,5,7,13,21H,4,6,8-12H2,1H3,(H2,20,22,23). The number of nitrogen functional groups attached to an aromatic ring is 1. The van der Waals surface area contributed by atoms with Gasteiger partial charge in [0.05, 0.1) is 5.69 Å². The molecule has 1 aliphatic carbocycles. The number of rotatable bonds is 3. The maximum absolute atomic E-state index is 6.09. The van der Waals surface area contributed by atoms with Gasteiger partial charge in [-0.3, -0.25) is 0 Å². The maximum atomic E-state index is 6.09. The quantitative estimate of drug-likeness (QED) is 0.907. The van der Waals surface area contributed by atoms with Crippen LogP contribution >= 0.6 is 0 Å². The Labute approximate surface area is 143 Å². The van der Waals surface area contributed by atoms with E-state index in [4.69, 9.17) is 5.73 Å². The predicted molar refractivity (Wildman–Crippen MR) is 98.2 cm³/mol. The molecule has 2 aliphatic rings. The van der Waals surface area contributed by atoms with Crippen LogP contribution < -0.4 is 16.0 Å². The first kappa shape index (κ1) is 15.4. The summed E-state index contributed by atoms with van der Waals surface area (Å²) in [7, 11) is 2.02. The van der Waals surface area contributed by atoms with Gasteiger partial charge in [-0.1, -0.05) is 24.3 Å². The maximum Gasteiger partial charge on any atom is 0.222 e. The Bertz CT molecular complexity index is 743. The summed E-state index contributed by atoms with van der Waals surface area (Å²) >= 11 is 0. The molecular formula is C19H25N5. The normalized spacial score (nSPS) is 19.7. The van der Waals surface area contributed by atoms with Gasteiger partial charge in [0.15, 0.2) is 0 Å². The number of aromatic nitrogens is 2. The van der Waals surface area contributed by atoms with Crippen molar-refractivity contribution in [1.82, 2.24) is 15.3 Å². The van der Waals surface area contributed by atoms with Crippen LogP contribution in [0.25, 0.3) is 11.3 Å². The molecule has 5 heteroatoms. The van der Waals surface area contributed by atoms with Crippen molar-refractivity contribution in [3.8, 4) is 11.3 Å². The van der Waals surface area contributed by atoms with Gasteiger partial charge in [-0.25, -0.2) is 4.98 Å². The summed E-state index contributed by atoms with van der Waals surface area (Å²) < 4.78 is 0. The zero-order chi connectivity index (χ0) is 16.5. The molecule has 1 fully saturated rings. The lowest BCUT2D eigenvalue weighted by Crippen LogP contribution is -2.26. The van der Waals surface area contributed by atoms with Crippen molar-refractivity contribution in [3.05, 3.63) is 35.4 Å². The Morgan fingerprint density at radius 2 is 2.12 bits per heavy atom. The Hall–Kier alpha value is -2.14. The van der Waals surface area contributed by atoms with Crippen molar-refractivity contribution in [1.29, 1.82) is 0 Å². The molecule has 0 bridgehead atoms. The summed E-state index contributed by atoms with van der Waals surface area (Å²) in [5, 5.41) is 3.29. The SMILES string of the molecule is CNCC1CCN(c2nc(N)nc3c2CCCc2ccccc2-3)C1. The molecule has 2 aromatic rings. The highest BCUT2D eigenvalue weighted by atomic mass is 15.2. The second-order valence-corrected chi connectivity index (χ2v) is 6.90. The highest BCUT2D eigenvalue weighted by Gasteiger charge is 2.28. The fourth-order valence-corrected chi connectivity index (χ4v) is 4.11. The Morgan fingerprint density at radius 3 is 3.00 bits per heavy atom. The molecule has 1 unspecified atom stereocenters. The van der Waals surface area contributed by atoms with E-state index in [2.05, 4.69) is 44.5 Å². The van der Waals surface area contributed by atoms with E-state index in [0.29, 0.717) is 11.9 Å². The molecule has 0 radical (unpaired) electrons. The van der Waals surface area contributed by atoms with Crippen LogP contribution in [0, 0.1) is 5.92 Å². The second kappa shape index (κ2) is 6.40. The van der Waals surface area contributed by atoms with Crippen molar-refractivity contribution in [2.24, 2.45) is 5.92 Å². The Kier molecular flexibility index (Phi) is 4.10. The van der Waals surface area contributed by atoms with Gasteiger partial charge in [-0.2, -0.15) is 4.98 Å². The molecule has 5 nitrogen and oxygen atoms in total. The lowest BCUT2D eigenvalue weighted by Gasteiger charge is -2.22. The third-order valence-electron chi connectivity index (χ3n) is 5.23. The van der Waals surface area contributed by atoms with Gasteiger partial charge in [0, 0.05) is 24.2 Å². The van der Waals surface area contributed by atoms with Gasteiger partial charge in [-0.05, 0) is 50.8 Å². The minimum absolute atomic E-state index is 0.387. The smallest absolute Gasteiger partial charge is 0.222 e. The highest BCUT2D eigenvalue weighted by molar-refractivity contribution is 5.74. The number of nitrogens with zero attached hydrogens (tertiary/aromatic N) is 3.